The van der Waals surface area contributed by atoms with E-state index in [0.29, 0.717) is 18.3 Å². The van der Waals surface area contributed by atoms with Crippen molar-refractivity contribution in [3.63, 3.8) is 0 Å². The minimum absolute atomic E-state index is 0.0484. The first-order valence-electron chi connectivity index (χ1n) is 11.7. The van der Waals surface area contributed by atoms with E-state index in [1.165, 1.54) is 16.8 Å². The third-order valence-electron chi connectivity index (χ3n) is 6.18. The largest absolute Gasteiger partial charge is 0.497 e. The maximum absolute atomic E-state index is 12.9. The summed E-state index contributed by atoms with van der Waals surface area (Å²) in [6, 6.07) is 15.6. The molecule has 0 aliphatic carbocycles. The number of carbonyl (C=O) groups excluding carboxylic acids is 1. The smallest absolute Gasteiger partial charge is 0.283 e. The van der Waals surface area contributed by atoms with Gasteiger partial charge in [-0.3, -0.25) is 10.2 Å². The first-order valence-corrected chi connectivity index (χ1v) is 12.5. The Labute approximate surface area is 213 Å². The summed E-state index contributed by atoms with van der Waals surface area (Å²) in [5.74, 6) is 1.38. The first kappa shape index (κ1) is 23.9. The van der Waals surface area contributed by atoms with E-state index in [4.69, 9.17) is 14.9 Å². The number of amidine groups is 2. The van der Waals surface area contributed by atoms with Crippen molar-refractivity contribution < 1.29 is 14.3 Å². The molecule has 0 atom stereocenters. The van der Waals surface area contributed by atoms with E-state index in [2.05, 4.69) is 20.7 Å². The van der Waals surface area contributed by atoms with Crippen LogP contribution in [-0.2, 0) is 11.3 Å². The third kappa shape index (κ3) is 4.30. The van der Waals surface area contributed by atoms with Gasteiger partial charge in [0.2, 0.25) is 5.17 Å². The molecule has 184 valence electrons. The predicted octanol–water partition coefficient (Wildman–Crippen LogP) is 5.31. The second-order valence-corrected chi connectivity index (χ2v) is 9.79. The van der Waals surface area contributed by atoms with Crippen LogP contribution < -0.4 is 9.47 Å². The van der Waals surface area contributed by atoms with Crippen molar-refractivity contribution >= 4 is 50.7 Å². The molecule has 2 aromatic carbocycles. The highest BCUT2D eigenvalue weighted by Crippen LogP contribution is 2.33. The molecule has 3 aromatic rings. The van der Waals surface area contributed by atoms with Gasteiger partial charge in [0.25, 0.3) is 5.91 Å². The highest BCUT2D eigenvalue weighted by Gasteiger charge is 2.36. The van der Waals surface area contributed by atoms with Crippen molar-refractivity contribution in [2.24, 2.45) is 16.0 Å². The van der Waals surface area contributed by atoms with Crippen molar-refractivity contribution in [2.45, 2.75) is 27.3 Å². The van der Waals surface area contributed by atoms with Crippen LogP contribution in [0.3, 0.4) is 0 Å². The second kappa shape index (κ2) is 9.66. The molecule has 2 aliphatic heterocycles. The van der Waals surface area contributed by atoms with E-state index in [0.717, 1.165) is 38.7 Å². The zero-order chi connectivity index (χ0) is 25.4. The van der Waals surface area contributed by atoms with Crippen LogP contribution in [-0.4, -0.2) is 45.2 Å². The summed E-state index contributed by atoms with van der Waals surface area (Å²) < 4.78 is 13.3. The fourth-order valence-corrected chi connectivity index (χ4v) is 5.13. The van der Waals surface area contributed by atoms with Gasteiger partial charge in [0, 0.05) is 28.1 Å². The normalized spacial score (nSPS) is 16.6. The first-order chi connectivity index (χ1) is 17.4. The van der Waals surface area contributed by atoms with E-state index in [-0.39, 0.29) is 17.3 Å². The Morgan fingerprint density at radius 2 is 1.83 bits per heavy atom. The summed E-state index contributed by atoms with van der Waals surface area (Å²) in [5.41, 5.74) is 3.14. The lowest BCUT2D eigenvalue weighted by Crippen LogP contribution is -2.35. The van der Waals surface area contributed by atoms with Crippen LogP contribution in [0.5, 0.6) is 11.5 Å². The quantitative estimate of drug-likeness (QED) is 0.443. The molecule has 1 amide bonds. The van der Waals surface area contributed by atoms with Gasteiger partial charge in [-0.1, -0.05) is 32.0 Å². The second-order valence-electron chi connectivity index (χ2n) is 8.80. The Morgan fingerprint density at radius 1 is 1.11 bits per heavy atom. The van der Waals surface area contributed by atoms with Crippen LogP contribution in [0.2, 0.25) is 0 Å². The molecule has 8 nitrogen and oxygen atoms in total. The number of fused-ring (bicyclic) bond motifs is 2. The number of aliphatic imine (C=N–C) groups is 1. The van der Waals surface area contributed by atoms with Gasteiger partial charge in [-0.2, -0.15) is 15.1 Å². The van der Waals surface area contributed by atoms with Gasteiger partial charge in [0.15, 0.2) is 5.84 Å². The average molecular weight is 502 g/mol. The highest BCUT2D eigenvalue weighted by atomic mass is 32.2. The summed E-state index contributed by atoms with van der Waals surface area (Å²) in [6.07, 6.45) is 1.77. The number of aromatic nitrogens is 1. The Hall–Kier alpha value is -3.85. The fourth-order valence-electron chi connectivity index (χ4n) is 4.24. The molecule has 9 heteroatoms. The molecule has 0 spiro atoms. The van der Waals surface area contributed by atoms with Crippen LogP contribution in [0.1, 0.15) is 25.1 Å². The monoisotopic (exact) mass is 501 g/mol. The molecule has 1 N–H and O–H groups in total. The third-order valence-corrected chi connectivity index (χ3v) is 7.38. The number of thioether (sulfide) groups is 1. The number of hydrogen-bond acceptors (Lipinski definition) is 6. The van der Waals surface area contributed by atoms with Crippen molar-refractivity contribution in [2.75, 3.05) is 13.7 Å². The van der Waals surface area contributed by atoms with Crippen molar-refractivity contribution in [3.8, 4) is 11.5 Å². The number of hydrogen-bond donors (Lipinski definition) is 1. The maximum atomic E-state index is 12.9. The lowest BCUT2D eigenvalue weighted by atomic mass is 10.1. The lowest BCUT2D eigenvalue weighted by molar-refractivity contribution is -0.114. The topological polar surface area (TPSA) is 92.3 Å². The zero-order valence-electron chi connectivity index (χ0n) is 20.6. The van der Waals surface area contributed by atoms with E-state index in [1.807, 2.05) is 63.2 Å². The molecule has 0 radical (unpaired) electrons. The number of nitrogens with one attached hydrogen (secondary N) is 1. The number of methoxy groups -OCH3 is 1. The highest BCUT2D eigenvalue weighted by molar-refractivity contribution is 8.27. The number of para-hydroxylation sites is 1. The van der Waals surface area contributed by atoms with Gasteiger partial charge in [-0.25, -0.2) is 0 Å². The minimum atomic E-state index is -0.418. The van der Waals surface area contributed by atoms with E-state index in [1.54, 1.807) is 13.2 Å². The number of benzene rings is 2. The number of rotatable bonds is 7. The number of amides is 1. The molecule has 3 heterocycles. The Kier molecular flexibility index (Phi) is 6.40. The van der Waals surface area contributed by atoms with Crippen LogP contribution in [0.15, 0.2) is 64.2 Å². The zero-order valence-corrected chi connectivity index (χ0v) is 21.4. The average Bonchev–Trinajstić information content (AvgIpc) is 3.42. The van der Waals surface area contributed by atoms with Crippen molar-refractivity contribution in [1.29, 1.82) is 5.41 Å². The number of hydrazone groups is 1. The molecule has 36 heavy (non-hydrogen) atoms. The molecular formula is C27H27N5O3S. The molecule has 1 aromatic heterocycles. The van der Waals surface area contributed by atoms with Gasteiger partial charge in [-0.05, 0) is 55.1 Å². The van der Waals surface area contributed by atoms with Crippen LogP contribution in [0.25, 0.3) is 17.0 Å². The Balaban J connectivity index is 1.45. The number of nitrogens with zero attached hydrogens (tertiary/aromatic N) is 4. The lowest BCUT2D eigenvalue weighted by Gasteiger charge is -2.20. The van der Waals surface area contributed by atoms with Crippen LogP contribution >= 0.6 is 11.8 Å². The van der Waals surface area contributed by atoms with Crippen molar-refractivity contribution in [1.82, 2.24) is 9.58 Å². The van der Waals surface area contributed by atoms with E-state index in [9.17, 15) is 4.79 Å². The summed E-state index contributed by atoms with van der Waals surface area (Å²) in [6.45, 7) is 7.18. The summed E-state index contributed by atoms with van der Waals surface area (Å²) >= 11 is 1.35. The molecule has 0 bridgehead atoms. The SMILES string of the molecule is COc1ccc(OCCn2c(C)c(C=C3C(=N)N4N=C(C(C)C)SC4=NC3=O)c3ccccc32)cc1. The molecule has 5 rings (SSSR count). The van der Waals surface area contributed by atoms with E-state index < -0.39 is 5.91 Å². The molecule has 0 unspecified atom stereocenters. The maximum Gasteiger partial charge on any atom is 0.283 e. The minimum Gasteiger partial charge on any atom is -0.497 e. The van der Waals surface area contributed by atoms with Crippen LogP contribution in [0, 0.1) is 18.3 Å². The molecule has 0 fully saturated rings. The van der Waals surface area contributed by atoms with Gasteiger partial charge < -0.3 is 14.0 Å². The number of carbonyl (C=O) groups is 1. The Morgan fingerprint density at radius 3 is 2.56 bits per heavy atom. The van der Waals surface area contributed by atoms with Gasteiger partial charge >= 0.3 is 0 Å². The van der Waals surface area contributed by atoms with Crippen molar-refractivity contribution in [3.05, 3.63) is 65.4 Å². The summed E-state index contributed by atoms with van der Waals surface area (Å²) in [7, 11) is 1.64. The predicted molar refractivity (Wildman–Crippen MR) is 145 cm³/mol. The van der Waals surface area contributed by atoms with Crippen LogP contribution in [0.4, 0.5) is 0 Å². The molecule has 0 saturated carbocycles. The molecule has 2 aliphatic rings. The van der Waals surface area contributed by atoms with Gasteiger partial charge in [-0.15, -0.1) is 0 Å². The number of ether oxygens (including phenoxy) is 2. The van der Waals surface area contributed by atoms with Gasteiger partial charge in [0.05, 0.1) is 19.2 Å². The molecular weight excluding hydrogens is 474 g/mol. The van der Waals surface area contributed by atoms with Gasteiger partial charge in [0.1, 0.15) is 23.1 Å². The standard InChI is InChI=1S/C27H27N5O3S/c1-16(2)26-30-32-24(28)22(25(33)29-27(32)36-26)15-21-17(3)31(23-8-6-5-7-20(21)23)13-14-35-19-11-9-18(34-4)10-12-19/h5-12,15-16,28H,13-14H2,1-4H3. The summed E-state index contributed by atoms with van der Waals surface area (Å²) in [5, 5.41) is 17.0. The fraction of sp³-hybridized carbons (Fsp3) is 0.259. The Bertz CT molecular complexity index is 1450. The molecule has 0 saturated heterocycles. The van der Waals surface area contributed by atoms with E-state index >= 15 is 0 Å². The summed E-state index contributed by atoms with van der Waals surface area (Å²) in [4.78, 5) is 17.2.